The van der Waals surface area contributed by atoms with E-state index in [9.17, 15) is 19.8 Å². The molecular formula is C16H22O8. The topological polar surface area (TPSA) is 112 Å². The van der Waals surface area contributed by atoms with Crippen molar-refractivity contribution < 1.29 is 38.7 Å². The van der Waals surface area contributed by atoms with Crippen molar-refractivity contribution in [2.24, 2.45) is 11.8 Å². The van der Waals surface area contributed by atoms with Gasteiger partial charge in [0, 0.05) is 18.9 Å². The minimum Gasteiger partial charge on any atom is -0.459 e. The second-order valence-electron chi connectivity index (χ2n) is 6.96. The van der Waals surface area contributed by atoms with Crippen LogP contribution in [0, 0.1) is 11.8 Å². The van der Waals surface area contributed by atoms with E-state index in [4.69, 9.17) is 18.9 Å². The lowest BCUT2D eigenvalue weighted by Crippen LogP contribution is -2.58. The molecule has 24 heavy (non-hydrogen) atoms. The molecule has 4 fully saturated rings. The predicted octanol–water partition coefficient (Wildman–Crippen LogP) is -0.132. The molecule has 2 N–H and O–H groups in total. The van der Waals surface area contributed by atoms with Crippen LogP contribution in [0.4, 0.5) is 0 Å². The number of rotatable bonds is 3. The molecule has 4 aliphatic rings. The van der Waals surface area contributed by atoms with Crippen molar-refractivity contribution >= 4 is 11.9 Å². The Kier molecular flexibility index (Phi) is 3.99. The number of carbonyl (C=O) groups is 2. The number of ether oxygens (including phenoxy) is 4. The van der Waals surface area contributed by atoms with Gasteiger partial charge in [-0.2, -0.15) is 0 Å². The number of hydrogen-bond acceptors (Lipinski definition) is 8. The van der Waals surface area contributed by atoms with Crippen LogP contribution >= 0.6 is 0 Å². The van der Waals surface area contributed by atoms with Crippen LogP contribution in [0.25, 0.3) is 0 Å². The lowest BCUT2D eigenvalue weighted by Gasteiger charge is -2.43. The molecule has 0 radical (unpaired) electrons. The van der Waals surface area contributed by atoms with Crippen LogP contribution in [0.1, 0.15) is 27.2 Å². The largest absolute Gasteiger partial charge is 0.459 e. The summed E-state index contributed by atoms with van der Waals surface area (Å²) >= 11 is 0. The van der Waals surface area contributed by atoms with E-state index in [2.05, 4.69) is 6.58 Å². The fraction of sp³-hybridized carbons (Fsp3) is 0.750. The molecule has 8 heteroatoms. The number of hydrogen-bond donors (Lipinski definition) is 2. The van der Waals surface area contributed by atoms with Crippen molar-refractivity contribution in [2.75, 3.05) is 6.61 Å². The SMILES string of the molecule is C=C1[C@@H]2OC[C@]3(O)[C@@H](OC(C)=O)C[C@@]1(O)[C@@H]3[C@H](OC(=O)C(C)C)O2. The van der Waals surface area contributed by atoms with Gasteiger partial charge in [-0.1, -0.05) is 20.4 Å². The van der Waals surface area contributed by atoms with E-state index < -0.39 is 53.7 Å². The number of fused-ring (bicyclic) bond motifs is 2. The molecule has 4 bridgehead atoms. The zero-order valence-electron chi connectivity index (χ0n) is 13.9. The van der Waals surface area contributed by atoms with Crippen LogP contribution in [0.5, 0.6) is 0 Å². The molecule has 0 aromatic carbocycles. The Hall–Kier alpha value is -1.48. The van der Waals surface area contributed by atoms with E-state index in [1.54, 1.807) is 13.8 Å². The third kappa shape index (κ3) is 2.36. The van der Waals surface area contributed by atoms with Crippen LogP contribution in [0.3, 0.4) is 0 Å². The van der Waals surface area contributed by atoms with Gasteiger partial charge in [-0.25, -0.2) is 0 Å². The molecule has 0 unspecified atom stereocenters. The molecule has 8 nitrogen and oxygen atoms in total. The Morgan fingerprint density at radius 1 is 1.33 bits per heavy atom. The number of carbonyl (C=O) groups excluding carboxylic acids is 2. The van der Waals surface area contributed by atoms with Crippen molar-refractivity contribution in [3.05, 3.63) is 12.2 Å². The van der Waals surface area contributed by atoms with Crippen molar-refractivity contribution in [1.82, 2.24) is 0 Å². The van der Waals surface area contributed by atoms with E-state index in [1.807, 2.05) is 0 Å². The third-order valence-electron chi connectivity index (χ3n) is 4.96. The summed E-state index contributed by atoms with van der Waals surface area (Å²) < 4.78 is 21.6. The maximum atomic E-state index is 12.0. The minimum absolute atomic E-state index is 0.0640. The standard InChI is InChI=1S/C16H22O8/c1-7(2)12(18)23-14-11-15(19)5-10(22-9(4)17)16(11,20)6-21-13(24-14)8(15)3/h7,10-11,13-14,19-20H,3,5-6H2,1-2,4H3/t10-,11-,13+,14+,15-,16-/m0/s1. The highest BCUT2D eigenvalue weighted by molar-refractivity contribution is 5.71. The number of aliphatic hydroxyl groups is 2. The Labute approximate surface area is 139 Å². The van der Waals surface area contributed by atoms with E-state index in [0.29, 0.717) is 0 Å². The molecule has 0 amide bonds. The molecule has 0 aromatic rings. The Morgan fingerprint density at radius 3 is 2.58 bits per heavy atom. The second kappa shape index (κ2) is 5.52. The van der Waals surface area contributed by atoms with E-state index >= 15 is 0 Å². The van der Waals surface area contributed by atoms with Gasteiger partial charge in [0.15, 0.2) is 6.29 Å². The summed E-state index contributed by atoms with van der Waals surface area (Å²) in [7, 11) is 0. The highest BCUT2D eigenvalue weighted by Crippen LogP contribution is 2.57. The van der Waals surface area contributed by atoms with Gasteiger partial charge in [-0.15, -0.1) is 0 Å². The van der Waals surface area contributed by atoms with Crippen molar-refractivity contribution in [1.29, 1.82) is 0 Å². The molecule has 134 valence electrons. The van der Waals surface area contributed by atoms with Gasteiger partial charge in [0.25, 0.3) is 0 Å². The van der Waals surface area contributed by atoms with Crippen molar-refractivity contribution in [3.63, 3.8) is 0 Å². The molecule has 0 aromatic heterocycles. The summed E-state index contributed by atoms with van der Waals surface area (Å²) in [6, 6.07) is 0. The summed E-state index contributed by atoms with van der Waals surface area (Å²) in [5, 5.41) is 22.3. The van der Waals surface area contributed by atoms with Crippen LogP contribution in [0.15, 0.2) is 12.2 Å². The summed E-state index contributed by atoms with van der Waals surface area (Å²) in [5.41, 5.74) is -3.16. The summed E-state index contributed by atoms with van der Waals surface area (Å²) in [4.78, 5) is 23.3. The van der Waals surface area contributed by atoms with Crippen LogP contribution in [-0.4, -0.2) is 58.6 Å². The van der Waals surface area contributed by atoms with Gasteiger partial charge in [-0.05, 0) is 0 Å². The molecule has 3 heterocycles. The quantitative estimate of drug-likeness (QED) is 0.539. The predicted molar refractivity (Wildman–Crippen MR) is 78.2 cm³/mol. The second-order valence-corrected chi connectivity index (χ2v) is 6.96. The number of esters is 2. The normalized spacial score (nSPS) is 43.7. The Balaban J connectivity index is 1.99. The van der Waals surface area contributed by atoms with Gasteiger partial charge in [0.05, 0.1) is 18.4 Å². The van der Waals surface area contributed by atoms with Crippen molar-refractivity contribution in [2.45, 2.75) is 57.1 Å². The fourth-order valence-corrected chi connectivity index (χ4v) is 3.70. The molecule has 4 rings (SSSR count). The minimum atomic E-state index is -1.75. The first-order valence-electron chi connectivity index (χ1n) is 7.88. The zero-order valence-corrected chi connectivity index (χ0v) is 13.9. The van der Waals surface area contributed by atoms with Gasteiger partial charge in [0.1, 0.15) is 17.3 Å². The molecular weight excluding hydrogens is 320 g/mol. The highest BCUT2D eigenvalue weighted by Gasteiger charge is 2.73. The lowest BCUT2D eigenvalue weighted by atomic mass is 9.77. The first-order valence-corrected chi connectivity index (χ1v) is 7.88. The average molecular weight is 342 g/mol. The van der Waals surface area contributed by atoms with Crippen molar-refractivity contribution in [3.8, 4) is 0 Å². The molecule has 3 aliphatic heterocycles. The monoisotopic (exact) mass is 342 g/mol. The molecule has 3 saturated heterocycles. The summed E-state index contributed by atoms with van der Waals surface area (Å²) in [6.45, 7) is 8.10. The first kappa shape index (κ1) is 17.3. The van der Waals surface area contributed by atoms with E-state index in [0.717, 1.165) is 0 Å². The Morgan fingerprint density at radius 2 is 2.00 bits per heavy atom. The summed E-state index contributed by atoms with van der Waals surface area (Å²) in [6.07, 6.45) is -3.33. The van der Waals surface area contributed by atoms with Gasteiger partial charge >= 0.3 is 11.9 Å². The van der Waals surface area contributed by atoms with Crippen LogP contribution < -0.4 is 0 Å². The molecule has 1 aliphatic carbocycles. The highest BCUT2D eigenvalue weighted by atomic mass is 16.8. The fourth-order valence-electron chi connectivity index (χ4n) is 3.70. The van der Waals surface area contributed by atoms with E-state index in [-0.39, 0.29) is 18.6 Å². The Bertz CT molecular complexity index is 587. The summed E-state index contributed by atoms with van der Waals surface area (Å²) in [5.74, 6) is -2.61. The average Bonchev–Trinajstić information content (AvgIpc) is 2.57. The molecule has 6 atom stereocenters. The smallest absolute Gasteiger partial charge is 0.310 e. The van der Waals surface area contributed by atoms with Gasteiger partial charge < -0.3 is 29.2 Å². The van der Waals surface area contributed by atoms with Crippen LogP contribution in [-0.2, 0) is 28.5 Å². The maximum absolute atomic E-state index is 12.0. The third-order valence-corrected chi connectivity index (χ3v) is 4.96. The van der Waals surface area contributed by atoms with Gasteiger partial charge in [0.2, 0.25) is 6.29 Å². The van der Waals surface area contributed by atoms with E-state index in [1.165, 1.54) is 6.92 Å². The maximum Gasteiger partial charge on any atom is 0.310 e. The first-order chi connectivity index (χ1) is 11.1. The molecule has 0 spiro atoms. The van der Waals surface area contributed by atoms with Gasteiger partial charge in [-0.3, -0.25) is 9.59 Å². The lowest BCUT2D eigenvalue weighted by molar-refractivity contribution is -0.273. The van der Waals surface area contributed by atoms with Crippen LogP contribution in [0.2, 0.25) is 0 Å². The molecule has 1 saturated carbocycles. The zero-order chi connectivity index (χ0) is 17.9.